The molecule has 16 heavy (non-hydrogen) atoms. The highest BCUT2D eigenvalue weighted by Crippen LogP contribution is 2.19. The third-order valence-electron chi connectivity index (χ3n) is 2.15. The Labute approximate surface area is 103 Å². The third kappa shape index (κ3) is 2.98. The van der Waals surface area contributed by atoms with Gasteiger partial charge in [0.25, 0.3) is 0 Å². The summed E-state index contributed by atoms with van der Waals surface area (Å²) in [6.45, 7) is 0.248. The fourth-order valence-corrected chi connectivity index (χ4v) is 2.10. The van der Waals surface area contributed by atoms with Crippen LogP contribution in [0.1, 0.15) is 11.7 Å². The first-order valence-corrected chi connectivity index (χ1v) is 6.16. The van der Waals surface area contributed by atoms with Crippen LogP contribution in [0.5, 0.6) is 5.75 Å². The van der Waals surface area contributed by atoms with Crippen LogP contribution in [-0.2, 0) is 0 Å². The van der Waals surface area contributed by atoms with Crippen LogP contribution in [0.25, 0.3) is 0 Å². The molecule has 1 N–H and O–H groups in total. The van der Waals surface area contributed by atoms with Crippen molar-refractivity contribution >= 4 is 22.9 Å². The number of aliphatic hydroxyl groups is 1. The maximum Gasteiger partial charge on any atom is 0.119 e. The molecule has 0 fully saturated rings. The van der Waals surface area contributed by atoms with Gasteiger partial charge in [-0.2, -0.15) is 11.3 Å². The van der Waals surface area contributed by atoms with Crippen LogP contribution in [0.2, 0.25) is 5.02 Å². The van der Waals surface area contributed by atoms with Crippen molar-refractivity contribution < 1.29 is 9.84 Å². The molecule has 1 atom stereocenters. The van der Waals surface area contributed by atoms with Gasteiger partial charge in [-0.05, 0) is 46.7 Å². The third-order valence-corrected chi connectivity index (χ3v) is 3.10. The Morgan fingerprint density at radius 3 is 2.62 bits per heavy atom. The lowest BCUT2D eigenvalue weighted by molar-refractivity contribution is 0.108. The van der Waals surface area contributed by atoms with Gasteiger partial charge >= 0.3 is 0 Å². The maximum absolute atomic E-state index is 9.78. The van der Waals surface area contributed by atoms with Crippen molar-refractivity contribution in [2.24, 2.45) is 0 Å². The molecule has 0 radical (unpaired) electrons. The summed E-state index contributed by atoms with van der Waals surface area (Å²) >= 11 is 7.31. The van der Waals surface area contributed by atoms with Crippen molar-refractivity contribution in [2.75, 3.05) is 6.61 Å². The quantitative estimate of drug-likeness (QED) is 0.905. The summed E-state index contributed by atoms with van der Waals surface area (Å²) in [5.41, 5.74) is 0.888. The average molecular weight is 255 g/mol. The molecule has 2 aromatic rings. The lowest BCUT2D eigenvalue weighted by Crippen LogP contribution is -2.08. The monoisotopic (exact) mass is 254 g/mol. The van der Waals surface area contributed by atoms with E-state index in [-0.39, 0.29) is 6.61 Å². The smallest absolute Gasteiger partial charge is 0.119 e. The molecular weight excluding hydrogens is 244 g/mol. The van der Waals surface area contributed by atoms with Crippen LogP contribution in [-0.4, -0.2) is 11.7 Å². The molecule has 0 saturated carbocycles. The molecule has 1 aromatic carbocycles. The molecule has 0 spiro atoms. The average Bonchev–Trinajstić information content (AvgIpc) is 2.81. The lowest BCUT2D eigenvalue weighted by atomic mass is 10.2. The Morgan fingerprint density at radius 1 is 1.25 bits per heavy atom. The number of halogens is 1. The zero-order valence-electron chi connectivity index (χ0n) is 8.47. The van der Waals surface area contributed by atoms with E-state index in [1.165, 1.54) is 0 Å². The zero-order chi connectivity index (χ0) is 11.4. The molecule has 2 nitrogen and oxygen atoms in total. The summed E-state index contributed by atoms with van der Waals surface area (Å²) in [4.78, 5) is 0. The molecule has 4 heteroatoms. The fourth-order valence-electron chi connectivity index (χ4n) is 1.27. The normalized spacial score (nSPS) is 12.4. The Morgan fingerprint density at radius 2 is 2.00 bits per heavy atom. The van der Waals surface area contributed by atoms with E-state index in [0.29, 0.717) is 10.8 Å². The predicted octanol–water partition coefficient (Wildman–Crippen LogP) is 3.51. The van der Waals surface area contributed by atoms with E-state index in [4.69, 9.17) is 16.3 Å². The highest BCUT2D eigenvalue weighted by molar-refractivity contribution is 7.07. The van der Waals surface area contributed by atoms with Gasteiger partial charge in [0.2, 0.25) is 0 Å². The highest BCUT2D eigenvalue weighted by atomic mass is 35.5. The minimum atomic E-state index is -0.582. The van der Waals surface area contributed by atoms with Crippen LogP contribution < -0.4 is 4.74 Å². The van der Waals surface area contributed by atoms with Gasteiger partial charge in [0.15, 0.2) is 0 Å². The van der Waals surface area contributed by atoms with Gasteiger partial charge < -0.3 is 9.84 Å². The van der Waals surface area contributed by atoms with E-state index in [9.17, 15) is 5.11 Å². The first-order chi connectivity index (χ1) is 7.75. The number of ether oxygens (including phenoxy) is 1. The van der Waals surface area contributed by atoms with Crippen LogP contribution in [0.15, 0.2) is 41.1 Å². The Kier molecular flexibility index (Phi) is 3.83. The van der Waals surface area contributed by atoms with Gasteiger partial charge in [0, 0.05) is 5.02 Å². The van der Waals surface area contributed by atoms with E-state index in [1.807, 2.05) is 16.8 Å². The molecule has 84 valence electrons. The van der Waals surface area contributed by atoms with E-state index in [0.717, 1.165) is 5.56 Å². The summed E-state index contributed by atoms with van der Waals surface area (Å²) in [6.07, 6.45) is -0.582. The summed E-state index contributed by atoms with van der Waals surface area (Å²) in [7, 11) is 0. The topological polar surface area (TPSA) is 29.5 Å². The van der Waals surface area contributed by atoms with E-state index < -0.39 is 6.10 Å². The van der Waals surface area contributed by atoms with Crippen molar-refractivity contribution in [1.29, 1.82) is 0 Å². The SMILES string of the molecule is OC(COc1ccc(Cl)cc1)c1ccsc1. The van der Waals surface area contributed by atoms with Gasteiger partial charge in [0.05, 0.1) is 0 Å². The van der Waals surface area contributed by atoms with Gasteiger partial charge in [-0.15, -0.1) is 0 Å². The van der Waals surface area contributed by atoms with Crippen molar-refractivity contribution in [3.8, 4) is 5.75 Å². The Hall–Kier alpha value is -1.03. The number of thiophene rings is 1. The Bertz CT molecular complexity index is 425. The predicted molar refractivity (Wildman–Crippen MR) is 66.2 cm³/mol. The van der Waals surface area contributed by atoms with Crippen molar-refractivity contribution in [3.63, 3.8) is 0 Å². The van der Waals surface area contributed by atoms with Gasteiger partial charge in [-0.1, -0.05) is 11.6 Å². The molecule has 0 bridgehead atoms. The number of aliphatic hydroxyl groups excluding tert-OH is 1. The van der Waals surface area contributed by atoms with Gasteiger partial charge in [-0.3, -0.25) is 0 Å². The summed E-state index contributed by atoms with van der Waals surface area (Å²) < 4.78 is 5.44. The molecule has 0 aliphatic heterocycles. The molecule has 2 rings (SSSR count). The maximum atomic E-state index is 9.78. The highest BCUT2D eigenvalue weighted by Gasteiger charge is 2.08. The summed E-state index contributed by atoms with van der Waals surface area (Å²) in [5, 5.41) is 14.3. The molecule has 1 heterocycles. The van der Waals surface area contributed by atoms with E-state index >= 15 is 0 Å². The molecule has 1 aromatic heterocycles. The molecule has 0 amide bonds. The number of benzene rings is 1. The zero-order valence-corrected chi connectivity index (χ0v) is 10.0. The fraction of sp³-hybridized carbons (Fsp3) is 0.167. The standard InChI is InChI=1S/C12H11ClO2S/c13-10-1-3-11(4-2-10)15-7-12(14)9-5-6-16-8-9/h1-6,8,12,14H,7H2. The van der Waals surface area contributed by atoms with E-state index in [1.54, 1.807) is 35.6 Å². The molecule has 0 aliphatic rings. The summed E-state index contributed by atoms with van der Waals surface area (Å²) in [5.74, 6) is 0.707. The van der Waals surface area contributed by atoms with Gasteiger partial charge in [-0.25, -0.2) is 0 Å². The minimum absolute atomic E-state index is 0.248. The number of hydrogen-bond acceptors (Lipinski definition) is 3. The number of hydrogen-bond donors (Lipinski definition) is 1. The molecule has 1 unspecified atom stereocenters. The largest absolute Gasteiger partial charge is 0.491 e. The minimum Gasteiger partial charge on any atom is -0.491 e. The molecule has 0 aliphatic carbocycles. The van der Waals surface area contributed by atoms with Gasteiger partial charge in [0.1, 0.15) is 18.5 Å². The van der Waals surface area contributed by atoms with E-state index in [2.05, 4.69) is 0 Å². The Balaban J connectivity index is 1.90. The van der Waals surface area contributed by atoms with Crippen LogP contribution >= 0.6 is 22.9 Å². The lowest BCUT2D eigenvalue weighted by Gasteiger charge is -2.10. The molecular formula is C12H11ClO2S. The first-order valence-electron chi connectivity index (χ1n) is 4.84. The van der Waals surface area contributed by atoms with Crippen molar-refractivity contribution in [3.05, 3.63) is 51.7 Å². The summed E-state index contributed by atoms with van der Waals surface area (Å²) in [6, 6.07) is 8.97. The van der Waals surface area contributed by atoms with Crippen molar-refractivity contribution in [2.45, 2.75) is 6.10 Å². The van der Waals surface area contributed by atoms with Crippen LogP contribution in [0.3, 0.4) is 0 Å². The molecule has 0 saturated heterocycles. The second-order valence-corrected chi connectivity index (χ2v) is 4.55. The van der Waals surface area contributed by atoms with Crippen LogP contribution in [0, 0.1) is 0 Å². The van der Waals surface area contributed by atoms with Crippen molar-refractivity contribution in [1.82, 2.24) is 0 Å². The van der Waals surface area contributed by atoms with Crippen LogP contribution in [0.4, 0.5) is 0 Å². The first kappa shape index (κ1) is 11.5. The number of rotatable bonds is 4. The second kappa shape index (κ2) is 5.34. The second-order valence-electron chi connectivity index (χ2n) is 3.34.